The van der Waals surface area contributed by atoms with Crippen LogP contribution in [0, 0.1) is 0 Å². The molecule has 1 saturated heterocycles. The standard InChI is InChI=1S/C16H23BrN2O2/c1-16(2,3)18-10-11-5-6-13(12(17)9-11)21-14-7-8-19(4)15(14)20/h5-6,9,14,18H,7-8,10H2,1-4H3. The van der Waals surface area contributed by atoms with Crippen molar-refractivity contribution in [3.8, 4) is 5.75 Å². The van der Waals surface area contributed by atoms with E-state index >= 15 is 0 Å². The highest BCUT2D eigenvalue weighted by atomic mass is 79.9. The molecule has 1 aromatic rings. The first-order valence-corrected chi connectivity index (χ1v) is 8.01. The van der Waals surface area contributed by atoms with Gasteiger partial charge in [-0.25, -0.2) is 0 Å². The lowest BCUT2D eigenvalue weighted by Crippen LogP contribution is -2.35. The molecule has 1 aromatic carbocycles. The SMILES string of the molecule is CN1CCC(Oc2ccc(CNC(C)(C)C)cc2Br)C1=O. The largest absolute Gasteiger partial charge is 0.479 e. The minimum atomic E-state index is -0.357. The number of halogens is 1. The Bertz CT molecular complexity index is 525. The minimum absolute atomic E-state index is 0.0559. The maximum Gasteiger partial charge on any atom is 0.263 e. The van der Waals surface area contributed by atoms with E-state index in [0.29, 0.717) is 0 Å². The highest BCUT2D eigenvalue weighted by Crippen LogP contribution is 2.29. The molecule has 2 rings (SSSR count). The van der Waals surface area contributed by atoms with Gasteiger partial charge in [0.1, 0.15) is 5.75 Å². The van der Waals surface area contributed by atoms with Crippen molar-refractivity contribution < 1.29 is 9.53 Å². The molecule has 1 heterocycles. The molecule has 0 saturated carbocycles. The molecule has 1 unspecified atom stereocenters. The smallest absolute Gasteiger partial charge is 0.263 e. The summed E-state index contributed by atoms with van der Waals surface area (Å²) in [5.74, 6) is 0.781. The first-order valence-electron chi connectivity index (χ1n) is 7.21. The van der Waals surface area contributed by atoms with Gasteiger partial charge in [-0.2, -0.15) is 0 Å². The summed E-state index contributed by atoms with van der Waals surface area (Å²) in [5, 5.41) is 3.45. The quantitative estimate of drug-likeness (QED) is 0.903. The number of hydrogen-bond donors (Lipinski definition) is 1. The summed E-state index contributed by atoms with van der Waals surface area (Å²) < 4.78 is 6.72. The molecule has 1 atom stereocenters. The summed E-state index contributed by atoms with van der Waals surface area (Å²) in [6.45, 7) is 7.98. The molecular weight excluding hydrogens is 332 g/mol. The zero-order valence-corrected chi connectivity index (χ0v) is 14.7. The van der Waals surface area contributed by atoms with Gasteiger partial charge in [0.2, 0.25) is 0 Å². The van der Waals surface area contributed by atoms with Gasteiger partial charge in [-0.15, -0.1) is 0 Å². The number of nitrogens with one attached hydrogen (secondary N) is 1. The fourth-order valence-electron chi connectivity index (χ4n) is 2.17. The van der Waals surface area contributed by atoms with Gasteiger partial charge < -0.3 is 15.0 Å². The second kappa shape index (κ2) is 6.36. The van der Waals surface area contributed by atoms with Crippen molar-refractivity contribution >= 4 is 21.8 Å². The van der Waals surface area contributed by atoms with Crippen LogP contribution in [0.5, 0.6) is 5.75 Å². The lowest BCUT2D eigenvalue weighted by molar-refractivity contribution is -0.132. The van der Waals surface area contributed by atoms with Crippen molar-refractivity contribution in [1.82, 2.24) is 10.2 Å². The minimum Gasteiger partial charge on any atom is -0.479 e. The van der Waals surface area contributed by atoms with Crippen molar-refractivity contribution in [2.75, 3.05) is 13.6 Å². The monoisotopic (exact) mass is 354 g/mol. The molecule has 21 heavy (non-hydrogen) atoms. The highest BCUT2D eigenvalue weighted by Gasteiger charge is 2.31. The Morgan fingerprint density at radius 1 is 1.43 bits per heavy atom. The first-order chi connectivity index (χ1) is 9.76. The summed E-state index contributed by atoms with van der Waals surface area (Å²) >= 11 is 3.53. The number of carbonyl (C=O) groups is 1. The molecule has 0 aromatic heterocycles. The average Bonchev–Trinajstić information content (AvgIpc) is 2.70. The zero-order valence-electron chi connectivity index (χ0n) is 13.1. The van der Waals surface area contributed by atoms with E-state index in [9.17, 15) is 4.79 Å². The lowest BCUT2D eigenvalue weighted by atomic mass is 10.1. The van der Waals surface area contributed by atoms with E-state index in [-0.39, 0.29) is 17.6 Å². The summed E-state index contributed by atoms with van der Waals surface area (Å²) in [4.78, 5) is 13.6. The van der Waals surface area contributed by atoms with Crippen LogP contribution in [-0.2, 0) is 11.3 Å². The van der Waals surface area contributed by atoms with E-state index in [1.54, 1.807) is 4.90 Å². The van der Waals surface area contributed by atoms with Gasteiger partial charge >= 0.3 is 0 Å². The fourth-order valence-corrected chi connectivity index (χ4v) is 2.69. The van der Waals surface area contributed by atoms with E-state index in [4.69, 9.17) is 4.74 Å². The third-order valence-electron chi connectivity index (χ3n) is 3.47. The number of hydrogen-bond acceptors (Lipinski definition) is 3. The molecule has 1 fully saturated rings. The van der Waals surface area contributed by atoms with Crippen LogP contribution in [0.2, 0.25) is 0 Å². The van der Waals surface area contributed by atoms with Gasteiger partial charge in [-0.05, 0) is 54.4 Å². The fraction of sp³-hybridized carbons (Fsp3) is 0.562. The number of nitrogens with zero attached hydrogens (tertiary/aromatic N) is 1. The Balaban J connectivity index is 2.01. The Kier molecular flexibility index (Phi) is 4.94. The molecule has 1 N–H and O–H groups in total. The maximum atomic E-state index is 11.9. The molecular formula is C16H23BrN2O2. The van der Waals surface area contributed by atoms with Crippen LogP contribution in [0.4, 0.5) is 0 Å². The predicted molar refractivity (Wildman–Crippen MR) is 87.4 cm³/mol. The van der Waals surface area contributed by atoms with Crippen molar-refractivity contribution in [1.29, 1.82) is 0 Å². The van der Waals surface area contributed by atoms with Crippen LogP contribution in [0.25, 0.3) is 0 Å². The number of benzene rings is 1. The number of likely N-dealkylation sites (N-methyl/N-ethyl adjacent to an activating group) is 1. The molecule has 116 valence electrons. The van der Waals surface area contributed by atoms with E-state index < -0.39 is 0 Å². The predicted octanol–water partition coefficient (Wildman–Crippen LogP) is 2.95. The summed E-state index contributed by atoms with van der Waals surface area (Å²) in [7, 11) is 1.81. The second-order valence-electron chi connectivity index (χ2n) is 6.52. The number of likely N-dealkylation sites (tertiary alicyclic amines) is 1. The van der Waals surface area contributed by atoms with Gasteiger partial charge in [0.25, 0.3) is 5.91 Å². The van der Waals surface area contributed by atoms with Gasteiger partial charge in [-0.1, -0.05) is 6.07 Å². The van der Waals surface area contributed by atoms with Crippen LogP contribution in [-0.4, -0.2) is 36.0 Å². The van der Waals surface area contributed by atoms with Crippen LogP contribution in [0.15, 0.2) is 22.7 Å². The number of ether oxygens (including phenoxy) is 1. The van der Waals surface area contributed by atoms with Gasteiger partial charge in [0.05, 0.1) is 4.47 Å². The van der Waals surface area contributed by atoms with Crippen LogP contribution in [0.1, 0.15) is 32.8 Å². The Morgan fingerprint density at radius 2 is 2.14 bits per heavy atom. The number of carbonyl (C=O) groups excluding carboxylic acids is 1. The first kappa shape index (κ1) is 16.3. The lowest BCUT2D eigenvalue weighted by Gasteiger charge is -2.21. The normalized spacial score (nSPS) is 19.2. The van der Waals surface area contributed by atoms with E-state index in [1.165, 1.54) is 5.56 Å². The van der Waals surface area contributed by atoms with Crippen LogP contribution < -0.4 is 10.1 Å². The number of amides is 1. The maximum absolute atomic E-state index is 11.9. The van der Waals surface area contributed by atoms with Crippen molar-refractivity contribution in [2.45, 2.75) is 45.4 Å². The van der Waals surface area contributed by atoms with Gasteiger partial charge in [0, 0.05) is 32.1 Å². The average molecular weight is 355 g/mol. The van der Waals surface area contributed by atoms with E-state index in [1.807, 2.05) is 25.2 Å². The molecule has 1 amide bonds. The molecule has 1 aliphatic rings. The van der Waals surface area contributed by atoms with Crippen LogP contribution in [0.3, 0.4) is 0 Å². The van der Waals surface area contributed by atoms with Gasteiger partial charge in [0.15, 0.2) is 6.10 Å². The Labute approximate surface area is 135 Å². The topological polar surface area (TPSA) is 41.6 Å². The highest BCUT2D eigenvalue weighted by molar-refractivity contribution is 9.10. The Hall–Kier alpha value is -1.07. The second-order valence-corrected chi connectivity index (χ2v) is 7.38. The molecule has 4 nitrogen and oxygen atoms in total. The summed E-state index contributed by atoms with van der Waals surface area (Å²) in [5.41, 5.74) is 1.27. The van der Waals surface area contributed by atoms with E-state index in [2.05, 4.69) is 42.0 Å². The third-order valence-corrected chi connectivity index (χ3v) is 4.09. The summed E-state index contributed by atoms with van der Waals surface area (Å²) in [6.07, 6.45) is 0.389. The molecule has 5 heteroatoms. The van der Waals surface area contributed by atoms with Gasteiger partial charge in [-0.3, -0.25) is 4.79 Å². The molecule has 0 spiro atoms. The van der Waals surface area contributed by atoms with Crippen molar-refractivity contribution in [3.63, 3.8) is 0 Å². The molecule has 0 aliphatic carbocycles. The number of rotatable bonds is 4. The van der Waals surface area contributed by atoms with Crippen LogP contribution >= 0.6 is 15.9 Å². The molecule has 1 aliphatic heterocycles. The molecule has 0 bridgehead atoms. The zero-order chi connectivity index (χ0) is 15.6. The van der Waals surface area contributed by atoms with Crippen molar-refractivity contribution in [3.05, 3.63) is 28.2 Å². The third kappa shape index (κ3) is 4.45. The summed E-state index contributed by atoms with van der Waals surface area (Å²) in [6, 6.07) is 5.99. The molecule has 0 radical (unpaired) electrons. The van der Waals surface area contributed by atoms with E-state index in [0.717, 1.165) is 29.7 Å². The van der Waals surface area contributed by atoms with Crippen molar-refractivity contribution in [2.24, 2.45) is 0 Å². The Morgan fingerprint density at radius 3 is 2.67 bits per heavy atom.